The number of rotatable bonds is 4. The maximum absolute atomic E-state index is 11.4. The van der Waals surface area contributed by atoms with Gasteiger partial charge in [-0.15, -0.1) is 11.3 Å². The molecule has 2 amide bonds. The van der Waals surface area contributed by atoms with Crippen LogP contribution in [0.5, 0.6) is 0 Å². The quantitative estimate of drug-likeness (QED) is 0.756. The van der Waals surface area contributed by atoms with Gasteiger partial charge in [0.15, 0.2) is 5.13 Å². The number of hydrogen-bond donors (Lipinski definition) is 3. The Labute approximate surface area is 99.7 Å². The Bertz CT molecular complexity index is 350. The van der Waals surface area contributed by atoms with Crippen molar-refractivity contribution >= 4 is 22.5 Å². The van der Waals surface area contributed by atoms with E-state index in [1.807, 2.05) is 33.2 Å². The molecule has 3 N–H and O–H groups in total. The van der Waals surface area contributed by atoms with Crippen molar-refractivity contribution in [2.75, 3.05) is 12.4 Å². The minimum atomic E-state index is -0.215. The van der Waals surface area contributed by atoms with Crippen LogP contribution in [0.4, 0.5) is 9.93 Å². The normalized spacial score (nSPS) is 12.6. The topological polar surface area (TPSA) is 66.0 Å². The standard InChI is InChI=1S/C10H18N4OS/c1-6(2)12-9(15)14-10-13-8(5-16-10)7(3)11-4/h5-7,11H,1-4H3,(H2,12,13,14,15). The van der Waals surface area contributed by atoms with Gasteiger partial charge >= 0.3 is 6.03 Å². The predicted molar refractivity (Wildman–Crippen MR) is 66.9 cm³/mol. The fourth-order valence-corrected chi connectivity index (χ4v) is 1.88. The maximum Gasteiger partial charge on any atom is 0.321 e. The number of hydrogen-bond acceptors (Lipinski definition) is 4. The first kappa shape index (κ1) is 12.9. The van der Waals surface area contributed by atoms with Gasteiger partial charge < -0.3 is 10.6 Å². The van der Waals surface area contributed by atoms with Crippen LogP contribution in [0.2, 0.25) is 0 Å². The lowest BCUT2D eigenvalue weighted by Gasteiger charge is -2.08. The van der Waals surface area contributed by atoms with Crippen LogP contribution in [-0.2, 0) is 0 Å². The first-order valence-electron chi connectivity index (χ1n) is 5.23. The van der Waals surface area contributed by atoms with Crippen molar-refractivity contribution < 1.29 is 4.79 Å². The molecule has 1 aromatic rings. The summed E-state index contributed by atoms with van der Waals surface area (Å²) in [6, 6.07) is 0.101. The van der Waals surface area contributed by atoms with Crippen molar-refractivity contribution in [1.82, 2.24) is 15.6 Å². The molecule has 0 fully saturated rings. The number of amides is 2. The van der Waals surface area contributed by atoms with Crippen LogP contribution in [0.3, 0.4) is 0 Å². The summed E-state index contributed by atoms with van der Waals surface area (Å²) in [4.78, 5) is 15.7. The van der Waals surface area contributed by atoms with Gasteiger partial charge in [0, 0.05) is 17.5 Å². The predicted octanol–water partition coefficient (Wildman–Crippen LogP) is 1.95. The van der Waals surface area contributed by atoms with Crippen LogP contribution in [-0.4, -0.2) is 24.1 Å². The largest absolute Gasteiger partial charge is 0.336 e. The van der Waals surface area contributed by atoms with Gasteiger partial charge in [-0.25, -0.2) is 9.78 Å². The number of nitrogens with zero attached hydrogens (tertiary/aromatic N) is 1. The van der Waals surface area contributed by atoms with Crippen molar-refractivity contribution in [3.05, 3.63) is 11.1 Å². The van der Waals surface area contributed by atoms with Gasteiger partial charge in [0.2, 0.25) is 0 Å². The zero-order chi connectivity index (χ0) is 12.1. The minimum absolute atomic E-state index is 0.121. The van der Waals surface area contributed by atoms with Gasteiger partial charge in [-0.1, -0.05) is 0 Å². The molecule has 90 valence electrons. The summed E-state index contributed by atoms with van der Waals surface area (Å²) in [5.41, 5.74) is 0.937. The van der Waals surface area contributed by atoms with Gasteiger partial charge in [0.25, 0.3) is 0 Å². The number of nitrogens with one attached hydrogen (secondary N) is 3. The first-order chi connectivity index (χ1) is 7.52. The van der Waals surface area contributed by atoms with Crippen molar-refractivity contribution in [3.8, 4) is 0 Å². The van der Waals surface area contributed by atoms with Crippen molar-refractivity contribution in [3.63, 3.8) is 0 Å². The Hall–Kier alpha value is -1.14. The molecular formula is C10H18N4OS. The molecule has 1 unspecified atom stereocenters. The molecule has 5 nitrogen and oxygen atoms in total. The third kappa shape index (κ3) is 3.79. The van der Waals surface area contributed by atoms with E-state index in [4.69, 9.17) is 0 Å². The molecule has 6 heteroatoms. The van der Waals surface area contributed by atoms with Crippen LogP contribution < -0.4 is 16.0 Å². The highest BCUT2D eigenvalue weighted by Crippen LogP contribution is 2.19. The maximum atomic E-state index is 11.4. The number of aromatic nitrogens is 1. The summed E-state index contributed by atoms with van der Waals surface area (Å²) in [5, 5.41) is 11.1. The van der Waals surface area contributed by atoms with Gasteiger partial charge in [0.05, 0.1) is 5.69 Å². The average molecular weight is 242 g/mol. The fraction of sp³-hybridized carbons (Fsp3) is 0.600. The number of urea groups is 1. The van der Waals surface area contributed by atoms with E-state index in [2.05, 4.69) is 20.9 Å². The third-order valence-electron chi connectivity index (χ3n) is 2.04. The Morgan fingerprint density at radius 1 is 1.44 bits per heavy atom. The Kier molecular flexibility index (Phi) is 4.70. The smallest absolute Gasteiger partial charge is 0.321 e. The second-order valence-corrected chi connectivity index (χ2v) is 4.70. The van der Waals surface area contributed by atoms with E-state index in [1.54, 1.807) is 0 Å². The average Bonchev–Trinajstić information content (AvgIpc) is 2.63. The molecule has 0 spiro atoms. The van der Waals surface area contributed by atoms with E-state index in [1.165, 1.54) is 11.3 Å². The van der Waals surface area contributed by atoms with E-state index in [-0.39, 0.29) is 18.1 Å². The van der Waals surface area contributed by atoms with E-state index in [9.17, 15) is 4.79 Å². The fourth-order valence-electron chi connectivity index (χ4n) is 1.09. The molecule has 1 aromatic heterocycles. The van der Waals surface area contributed by atoms with Crippen LogP contribution >= 0.6 is 11.3 Å². The molecule has 1 atom stereocenters. The zero-order valence-corrected chi connectivity index (χ0v) is 10.8. The van der Waals surface area contributed by atoms with Crippen LogP contribution in [0, 0.1) is 0 Å². The molecule has 0 bridgehead atoms. The van der Waals surface area contributed by atoms with E-state index in [0.29, 0.717) is 5.13 Å². The first-order valence-corrected chi connectivity index (χ1v) is 6.11. The third-order valence-corrected chi connectivity index (χ3v) is 2.81. The number of carbonyl (C=O) groups is 1. The van der Waals surface area contributed by atoms with E-state index in [0.717, 1.165) is 5.69 Å². The summed E-state index contributed by atoms with van der Waals surface area (Å²) in [5.74, 6) is 0. The summed E-state index contributed by atoms with van der Waals surface area (Å²) in [6.45, 7) is 5.85. The second kappa shape index (κ2) is 5.81. The molecule has 0 radical (unpaired) electrons. The lowest BCUT2D eigenvalue weighted by molar-refractivity contribution is 0.250. The highest BCUT2D eigenvalue weighted by atomic mass is 32.1. The van der Waals surface area contributed by atoms with Gasteiger partial charge in [-0.2, -0.15) is 0 Å². The van der Waals surface area contributed by atoms with E-state index >= 15 is 0 Å². The molecule has 0 aliphatic carbocycles. The molecule has 0 aromatic carbocycles. The van der Waals surface area contributed by atoms with Crippen molar-refractivity contribution in [2.45, 2.75) is 32.9 Å². The molecule has 1 rings (SSSR count). The lowest BCUT2D eigenvalue weighted by atomic mass is 10.3. The molecule has 0 saturated carbocycles. The zero-order valence-electron chi connectivity index (χ0n) is 10.00. The Balaban J connectivity index is 2.55. The van der Waals surface area contributed by atoms with Gasteiger partial charge in [-0.3, -0.25) is 5.32 Å². The van der Waals surface area contributed by atoms with E-state index < -0.39 is 0 Å². The van der Waals surface area contributed by atoms with Crippen molar-refractivity contribution in [1.29, 1.82) is 0 Å². The summed E-state index contributed by atoms with van der Waals surface area (Å²) < 4.78 is 0. The number of thiazole rings is 1. The summed E-state index contributed by atoms with van der Waals surface area (Å²) >= 11 is 1.43. The monoisotopic (exact) mass is 242 g/mol. The highest BCUT2D eigenvalue weighted by molar-refractivity contribution is 7.13. The second-order valence-electron chi connectivity index (χ2n) is 3.84. The minimum Gasteiger partial charge on any atom is -0.336 e. The summed E-state index contributed by atoms with van der Waals surface area (Å²) in [6.07, 6.45) is 0. The lowest BCUT2D eigenvalue weighted by Crippen LogP contribution is -2.34. The van der Waals surface area contributed by atoms with Crippen LogP contribution in [0.25, 0.3) is 0 Å². The van der Waals surface area contributed by atoms with Crippen LogP contribution in [0.15, 0.2) is 5.38 Å². The highest BCUT2D eigenvalue weighted by Gasteiger charge is 2.10. The molecular weight excluding hydrogens is 224 g/mol. The molecule has 1 heterocycles. The number of anilines is 1. The Morgan fingerprint density at radius 2 is 2.12 bits per heavy atom. The summed E-state index contributed by atoms with van der Waals surface area (Å²) in [7, 11) is 1.88. The van der Waals surface area contributed by atoms with Gasteiger partial charge in [-0.05, 0) is 27.8 Å². The van der Waals surface area contributed by atoms with Gasteiger partial charge in [0.1, 0.15) is 0 Å². The Morgan fingerprint density at radius 3 is 2.69 bits per heavy atom. The SMILES string of the molecule is CNC(C)c1csc(NC(=O)NC(C)C)n1. The molecule has 16 heavy (non-hydrogen) atoms. The molecule has 0 saturated heterocycles. The molecule has 0 aliphatic heterocycles. The molecule has 0 aliphatic rings. The van der Waals surface area contributed by atoms with Crippen molar-refractivity contribution in [2.24, 2.45) is 0 Å². The number of carbonyl (C=O) groups excluding carboxylic acids is 1. The van der Waals surface area contributed by atoms with Crippen LogP contribution in [0.1, 0.15) is 32.5 Å².